The van der Waals surface area contributed by atoms with Crippen molar-refractivity contribution in [3.8, 4) is 0 Å². The predicted molar refractivity (Wildman–Crippen MR) is 123 cm³/mol. The van der Waals surface area contributed by atoms with Crippen LogP contribution in [0.3, 0.4) is 0 Å². The highest BCUT2D eigenvalue weighted by Gasteiger charge is 2.25. The average Bonchev–Trinajstić information content (AvgIpc) is 2.78. The maximum absolute atomic E-state index is 12.0. The van der Waals surface area contributed by atoms with Crippen LogP contribution in [0, 0.1) is 0 Å². The van der Waals surface area contributed by atoms with E-state index in [1.807, 2.05) is 57.4 Å². The molecule has 30 heavy (non-hydrogen) atoms. The number of pyridine rings is 1. The van der Waals surface area contributed by atoms with Crippen molar-refractivity contribution in [1.82, 2.24) is 14.8 Å². The third-order valence-corrected chi connectivity index (χ3v) is 5.11. The molecule has 0 atom stereocenters. The summed E-state index contributed by atoms with van der Waals surface area (Å²) in [6, 6.07) is 5.95. The maximum atomic E-state index is 12.0. The molecule has 0 spiro atoms. The fourth-order valence-corrected chi connectivity index (χ4v) is 3.53. The van der Waals surface area contributed by atoms with Gasteiger partial charge in [0.2, 0.25) is 0 Å². The van der Waals surface area contributed by atoms with E-state index in [0.717, 1.165) is 47.8 Å². The van der Waals surface area contributed by atoms with E-state index in [0.29, 0.717) is 19.7 Å². The van der Waals surface area contributed by atoms with Gasteiger partial charge in [-0.15, -0.1) is 0 Å². The van der Waals surface area contributed by atoms with Gasteiger partial charge < -0.3 is 14.5 Å². The highest BCUT2D eigenvalue weighted by atomic mass is 16.6. The Morgan fingerprint density at radius 2 is 1.87 bits per heavy atom. The number of hydrogen-bond donors (Lipinski definition) is 0. The minimum absolute atomic E-state index is 0.232. The predicted octanol–water partition coefficient (Wildman–Crippen LogP) is 4.92. The topological polar surface area (TPSA) is 58.0 Å². The lowest BCUT2D eigenvalue weighted by atomic mass is 9.95. The molecule has 0 saturated carbocycles. The number of aromatic nitrogens is 1. The molecule has 2 heterocycles. The molecule has 0 aliphatic carbocycles. The fraction of sp³-hybridized carbons (Fsp3) is 0.458. The zero-order chi connectivity index (χ0) is 21.9. The van der Waals surface area contributed by atoms with Crippen molar-refractivity contribution < 1.29 is 9.53 Å². The van der Waals surface area contributed by atoms with E-state index >= 15 is 0 Å². The van der Waals surface area contributed by atoms with Gasteiger partial charge in [0.25, 0.3) is 0 Å². The van der Waals surface area contributed by atoms with Crippen LogP contribution >= 0.6 is 0 Å². The summed E-state index contributed by atoms with van der Waals surface area (Å²) in [5.74, 6) is 0. The molecule has 6 nitrogen and oxygen atoms in total. The van der Waals surface area contributed by atoms with Crippen molar-refractivity contribution in [2.24, 2.45) is 4.99 Å². The molecule has 2 rings (SSSR count). The Morgan fingerprint density at radius 1 is 1.17 bits per heavy atom. The number of aliphatic imine (C=N–C) groups is 1. The van der Waals surface area contributed by atoms with Crippen LogP contribution in [0.1, 0.15) is 46.7 Å². The summed E-state index contributed by atoms with van der Waals surface area (Å²) in [5, 5.41) is 0. The summed E-state index contributed by atoms with van der Waals surface area (Å²) < 4.78 is 5.14. The van der Waals surface area contributed by atoms with Crippen molar-refractivity contribution in [1.29, 1.82) is 0 Å². The summed E-state index contributed by atoms with van der Waals surface area (Å²) in [6.45, 7) is 13.3. The molecule has 1 aromatic rings. The highest BCUT2D eigenvalue weighted by molar-refractivity contribution is 6.12. The molecule has 0 unspecified atom stereocenters. The molecule has 1 saturated heterocycles. The first-order chi connectivity index (χ1) is 14.5. The number of ether oxygens (including phenoxy) is 1. The number of rotatable bonds is 7. The van der Waals surface area contributed by atoms with Crippen LogP contribution < -0.4 is 0 Å². The summed E-state index contributed by atoms with van der Waals surface area (Å²) >= 11 is 0. The molecule has 1 amide bonds. The second-order valence-electron chi connectivity index (χ2n) is 7.06. The normalized spacial score (nSPS) is 16.7. The Labute approximate surface area is 180 Å². The first-order valence-corrected chi connectivity index (χ1v) is 10.7. The largest absolute Gasteiger partial charge is 0.450 e. The van der Waals surface area contributed by atoms with Gasteiger partial charge in [0.1, 0.15) is 0 Å². The molecular weight excluding hydrogens is 376 g/mol. The zero-order valence-electron chi connectivity index (χ0n) is 18.9. The van der Waals surface area contributed by atoms with Crippen LogP contribution in [-0.2, 0) is 4.74 Å². The quantitative estimate of drug-likeness (QED) is 0.473. The van der Waals surface area contributed by atoms with E-state index in [9.17, 15) is 4.79 Å². The molecule has 1 aromatic heterocycles. The SMILES string of the molecule is C\C=C(C(/C(C)=N/C=C/CC)=C(/C)N1CCN(C(=O)OCC)CC1)\c1ccccn1. The molecule has 0 bridgehead atoms. The van der Waals surface area contributed by atoms with Gasteiger partial charge in [0, 0.05) is 61.1 Å². The van der Waals surface area contributed by atoms with E-state index in [1.165, 1.54) is 0 Å². The molecule has 162 valence electrons. The Kier molecular flexibility index (Phi) is 9.32. The van der Waals surface area contributed by atoms with Gasteiger partial charge in [0.05, 0.1) is 12.3 Å². The lowest BCUT2D eigenvalue weighted by Gasteiger charge is -2.37. The summed E-state index contributed by atoms with van der Waals surface area (Å²) in [6.07, 6.45) is 8.54. The van der Waals surface area contributed by atoms with Gasteiger partial charge in [-0.05, 0) is 46.2 Å². The van der Waals surface area contributed by atoms with E-state index < -0.39 is 0 Å². The Bertz CT molecular complexity index is 817. The van der Waals surface area contributed by atoms with Gasteiger partial charge in [-0.3, -0.25) is 9.98 Å². The minimum Gasteiger partial charge on any atom is -0.450 e. The lowest BCUT2D eigenvalue weighted by molar-refractivity contribution is 0.0868. The van der Waals surface area contributed by atoms with Crippen LogP contribution in [0.2, 0.25) is 0 Å². The molecule has 0 aromatic carbocycles. The summed E-state index contributed by atoms with van der Waals surface area (Å²) in [7, 11) is 0. The van der Waals surface area contributed by atoms with Gasteiger partial charge in [-0.1, -0.05) is 25.1 Å². The average molecular weight is 411 g/mol. The first-order valence-electron chi connectivity index (χ1n) is 10.7. The third kappa shape index (κ3) is 6.05. The number of carbonyl (C=O) groups is 1. The Hall–Kier alpha value is -2.89. The van der Waals surface area contributed by atoms with Gasteiger partial charge in [-0.2, -0.15) is 0 Å². The van der Waals surface area contributed by atoms with Crippen LogP contribution in [0.15, 0.2) is 59.0 Å². The van der Waals surface area contributed by atoms with Crippen LogP contribution in [0.4, 0.5) is 4.79 Å². The number of allylic oxidation sites excluding steroid dienone is 5. The van der Waals surface area contributed by atoms with Crippen molar-refractivity contribution in [3.63, 3.8) is 0 Å². The van der Waals surface area contributed by atoms with Crippen molar-refractivity contribution >= 4 is 17.4 Å². The monoisotopic (exact) mass is 410 g/mol. The second-order valence-corrected chi connectivity index (χ2v) is 7.06. The maximum Gasteiger partial charge on any atom is 0.409 e. The summed E-state index contributed by atoms with van der Waals surface area (Å²) in [5.41, 5.74) is 5.16. The highest BCUT2D eigenvalue weighted by Crippen LogP contribution is 2.28. The number of piperazine rings is 1. The van der Waals surface area contributed by atoms with Gasteiger partial charge in [0.15, 0.2) is 0 Å². The summed E-state index contributed by atoms with van der Waals surface area (Å²) in [4.78, 5) is 25.4. The first kappa shape index (κ1) is 23.4. The molecule has 0 radical (unpaired) electrons. The number of amides is 1. The second kappa shape index (κ2) is 12.0. The zero-order valence-corrected chi connectivity index (χ0v) is 18.9. The van der Waals surface area contributed by atoms with Crippen LogP contribution in [0.5, 0.6) is 0 Å². The van der Waals surface area contributed by atoms with E-state index in [1.54, 1.807) is 4.90 Å². The molecule has 1 aliphatic heterocycles. The minimum atomic E-state index is -0.232. The smallest absolute Gasteiger partial charge is 0.409 e. The molecule has 1 aliphatic rings. The van der Waals surface area contributed by atoms with E-state index in [2.05, 4.69) is 29.8 Å². The van der Waals surface area contributed by atoms with Gasteiger partial charge >= 0.3 is 6.09 Å². The third-order valence-electron chi connectivity index (χ3n) is 5.11. The van der Waals surface area contributed by atoms with Crippen molar-refractivity contribution in [2.75, 3.05) is 32.8 Å². The van der Waals surface area contributed by atoms with Crippen molar-refractivity contribution in [3.05, 3.63) is 59.7 Å². The number of carbonyl (C=O) groups excluding carboxylic acids is 1. The van der Waals surface area contributed by atoms with Crippen molar-refractivity contribution in [2.45, 2.75) is 41.0 Å². The fourth-order valence-electron chi connectivity index (χ4n) is 3.53. The van der Waals surface area contributed by atoms with E-state index in [-0.39, 0.29) is 6.09 Å². The molecular formula is C24H34N4O2. The van der Waals surface area contributed by atoms with E-state index in [4.69, 9.17) is 9.73 Å². The number of nitrogens with zero attached hydrogens (tertiary/aromatic N) is 4. The molecule has 1 fully saturated rings. The number of hydrogen-bond acceptors (Lipinski definition) is 5. The molecule has 6 heteroatoms. The van der Waals surface area contributed by atoms with Gasteiger partial charge in [-0.25, -0.2) is 4.79 Å². The molecule has 0 N–H and O–H groups in total. The van der Waals surface area contributed by atoms with Crippen LogP contribution in [0.25, 0.3) is 5.57 Å². The Balaban J connectivity index is 2.38. The standard InChI is InChI=1S/C24H34N4O2/c1-6-9-13-25-19(4)23(21(7-2)22-12-10-11-14-26-22)20(5)27-15-17-28(18-16-27)24(29)30-8-3/h7,9-14H,6,8,15-18H2,1-5H3/b13-9+,21-7-,23-20-,25-19+. The Morgan fingerprint density at radius 3 is 2.43 bits per heavy atom. The lowest BCUT2D eigenvalue weighted by Crippen LogP contribution is -2.48. The van der Waals surface area contributed by atoms with Crippen LogP contribution in [-0.4, -0.2) is 59.4 Å².